The first-order chi connectivity index (χ1) is 24.5. The van der Waals surface area contributed by atoms with Gasteiger partial charge in [-0.3, -0.25) is 4.57 Å². The van der Waals surface area contributed by atoms with E-state index in [4.69, 9.17) is 9.79 Å². The number of hydrogen-bond donors (Lipinski definition) is 2. The summed E-state index contributed by atoms with van der Waals surface area (Å²) in [6.07, 6.45) is -8.49. The molecule has 0 aromatic rings. The molecular weight excluding hydrogens is 998 g/mol. The van der Waals surface area contributed by atoms with E-state index in [1.807, 2.05) is 0 Å². The van der Waals surface area contributed by atoms with Crippen molar-refractivity contribution in [3.05, 3.63) is 0 Å². The van der Waals surface area contributed by atoms with Crippen molar-refractivity contribution in [2.24, 2.45) is 0 Å². The minimum Gasteiger partial charge on any atom is -0.320 e. The first kappa shape index (κ1) is 56.6. The Morgan fingerprint density at radius 1 is 0.203 bits per heavy atom. The van der Waals surface area contributed by atoms with Gasteiger partial charge in [0.15, 0.2) is 0 Å². The summed E-state index contributed by atoms with van der Waals surface area (Å²) >= 11 is 0. The standard InChI is InChI=1S/C18H2F37O3P/c19-1(20,3(23,24)5(27,28)7(31,32)9(35,36)11(39,40)13(43,44)15(47,48)17(51,52)53)2(21,22)4(25,26)6(29,30)8(33,34)10(37,38)12(41,42)14(45,46)16(49,50)18(54,55)59(56,57)58/h(H2,56,57,58). The smallest absolute Gasteiger partial charge is 0.320 e. The molecule has 0 unspecified atom stereocenters. The Labute approximate surface area is 292 Å². The van der Waals surface area contributed by atoms with Crippen LogP contribution in [0.25, 0.3) is 0 Å². The molecule has 0 saturated carbocycles. The minimum absolute atomic E-state index is 7.88. The van der Waals surface area contributed by atoms with Gasteiger partial charge in [0.25, 0.3) is 0 Å². The summed E-state index contributed by atoms with van der Waals surface area (Å²) in [6.45, 7) is 0. The van der Waals surface area contributed by atoms with E-state index >= 15 is 0 Å². The van der Waals surface area contributed by atoms with E-state index in [1.165, 1.54) is 0 Å². The maximum Gasteiger partial charge on any atom is 0.460 e. The topological polar surface area (TPSA) is 57.5 Å². The van der Waals surface area contributed by atoms with E-state index in [0.29, 0.717) is 0 Å². The fourth-order valence-electron chi connectivity index (χ4n) is 3.31. The minimum atomic E-state index is -10.5. The van der Waals surface area contributed by atoms with Gasteiger partial charge in [0.2, 0.25) is 0 Å². The van der Waals surface area contributed by atoms with Crippen LogP contribution in [0.5, 0.6) is 0 Å². The average Bonchev–Trinajstić information content (AvgIpc) is 2.98. The molecule has 0 saturated heterocycles. The summed E-state index contributed by atoms with van der Waals surface area (Å²) in [5.41, 5.74) is -8.37. The van der Waals surface area contributed by atoms with Crippen molar-refractivity contribution in [1.82, 2.24) is 0 Å². The molecule has 0 bridgehead atoms. The lowest BCUT2D eigenvalue weighted by atomic mass is 9.82. The molecule has 356 valence electrons. The van der Waals surface area contributed by atoms with E-state index in [1.54, 1.807) is 0 Å². The number of alkyl halides is 37. The third-order valence-electron chi connectivity index (χ3n) is 7.01. The van der Waals surface area contributed by atoms with Crippen molar-refractivity contribution in [1.29, 1.82) is 0 Å². The molecule has 0 atom stereocenters. The summed E-state index contributed by atoms with van der Waals surface area (Å²) in [5, 5.41) is 0. The van der Waals surface area contributed by atoms with Gasteiger partial charge in [-0.1, -0.05) is 0 Å². The molecule has 0 aromatic carbocycles. The van der Waals surface area contributed by atoms with E-state index < -0.39 is 114 Å². The predicted octanol–water partition coefficient (Wildman–Crippen LogP) is 11.5. The average molecular weight is 1000 g/mol. The van der Waals surface area contributed by atoms with Gasteiger partial charge in [-0.15, -0.1) is 0 Å². The van der Waals surface area contributed by atoms with Crippen LogP contribution >= 0.6 is 7.60 Å². The number of halogens is 37. The Kier molecular flexibility index (Phi) is 12.7. The summed E-state index contributed by atoms with van der Waals surface area (Å²) in [7, 11) is -8.60. The molecule has 0 rings (SSSR count). The van der Waals surface area contributed by atoms with Crippen molar-refractivity contribution < 1.29 is 177 Å². The van der Waals surface area contributed by atoms with Crippen molar-refractivity contribution in [2.75, 3.05) is 0 Å². The van der Waals surface area contributed by atoms with Gasteiger partial charge in [-0.25, -0.2) is 0 Å². The van der Waals surface area contributed by atoms with Gasteiger partial charge in [-0.2, -0.15) is 162 Å². The molecule has 0 aromatic heterocycles. The maximum absolute atomic E-state index is 13.9. The number of hydrogen-bond acceptors (Lipinski definition) is 1. The van der Waals surface area contributed by atoms with Crippen LogP contribution in [0.2, 0.25) is 0 Å². The Bertz CT molecular complexity index is 1610. The van der Waals surface area contributed by atoms with Crippen LogP contribution in [-0.4, -0.2) is 116 Å². The van der Waals surface area contributed by atoms with Crippen LogP contribution in [0.1, 0.15) is 0 Å². The van der Waals surface area contributed by atoms with Crippen molar-refractivity contribution in [3.63, 3.8) is 0 Å². The summed E-state index contributed by atoms with van der Waals surface area (Å²) < 4.78 is 509. The van der Waals surface area contributed by atoms with Gasteiger partial charge >= 0.3 is 114 Å². The molecule has 0 heterocycles. The highest BCUT2D eigenvalue weighted by molar-refractivity contribution is 7.53. The lowest BCUT2D eigenvalue weighted by molar-refractivity contribution is -0.493. The predicted molar refractivity (Wildman–Crippen MR) is 102 cm³/mol. The Balaban J connectivity index is 7.93. The van der Waals surface area contributed by atoms with Gasteiger partial charge < -0.3 is 9.79 Å². The zero-order chi connectivity index (χ0) is 49.5. The van der Waals surface area contributed by atoms with E-state index in [-0.39, 0.29) is 0 Å². The molecule has 3 nitrogen and oxygen atoms in total. The highest BCUT2D eigenvalue weighted by Crippen LogP contribution is 2.72. The zero-order valence-corrected chi connectivity index (χ0v) is 25.6. The zero-order valence-electron chi connectivity index (χ0n) is 24.7. The van der Waals surface area contributed by atoms with Crippen molar-refractivity contribution in [3.8, 4) is 0 Å². The van der Waals surface area contributed by atoms with Crippen LogP contribution in [0, 0.1) is 0 Å². The molecule has 2 N–H and O–H groups in total. The monoisotopic (exact) mass is 1000 g/mol. The molecule has 0 fully saturated rings. The second-order valence-electron chi connectivity index (χ2n) is 10.8. The normalized spacial score (nSPS) is 17.5. The Hall–Kier alpha value is -2.44. The van der Waals surface area contributed by atoms with Gasteiger partial charge in [0.05, 0.1) is 0 Å². The lowest BCUT2D eigenvalue weighted by Crippen LogP contribution is -2.80. The summed E-state index contributed by atoms with van der Waals surface area (Å²) in [4.78, 5) is 15.8. The fraction of sp³-hybridized carbons (Fsp3) is 1.00. The lowest BCUT2D eigenvalue weighted by Gasteiger charge is -2.47. The van der Waals surface area contributed by atoms with Crippen LogP contribution < -0.4 is 0 Å². The van der Waals surface area contributed by atoms with Gasteiger partial charge in [0, 0.05) is 0 Å². The molecule has 0 radical (unpaired) electrons. The fourth-order valence-corrected chi connectivity index (χ4v) is 3.82. The third kappa shape index (κ3) is 6.26. The summed E-state index contributed by atoms with van der Waals surface area (Å²) in [5.74, 6) is -161. The molecule has 41 heteroatoms. The quantitative estimate of drug-likeness (QED) is 0.113. The molecule has 0 spiro atoms. The first-order valence-electron chi connectivity index (χ1n) is 12.0. The van der Waals surface area contributed by atoms with Crippen LogP contribution in [0.3, 0.4) is 0 Å². The molecule has 0 aliphatic heterocycles. The maximum atomic E-state index is 13.9. The van der Waals surface area contributed by atoms with E-state index in [0.717, 1.165) is 0 Å². The van der Waals surface area contributed by atoms with Crippen molar-refractivity contribution in [2.45, 2.75) is 107 Å². The third-order valence-corrected chi connectivity index (χ3v) is 8.03. The van der Waals surface area contributed by atoms with Crippen molar-refractivity contribution >= 4 is 7.60 Å². The van der Waals surface area contributed by atoms with Crippen LogP contribution in [-0.2, 0) is 4.57 Å². The van der Waals surface area contributed by atoms with Crippen LogP contribution in [0.4, 0.5) is 162 Å². The second kappa shape index (κ2) is 13.3. The second-order valence-corrected chi connectivity index (χ2v) is 12.4. The molecule has 59 heavy (non-hydrogen) atoms. The van der Waals surface area contributed by atoms with Gasteiger partial charge in [-0.05, 0) is 0 Å². The SMILES string of the molecule is O=P(O)(O)C(F)(F)C(F)(F)C(F)(F)C(F)(F)C(F)(F)C(F)(F)C(F)(F)C(F)(F)C(F)(F)C(F)(F)C(F)(F)C(F)(F)C(F)(F)C(F)(F)C(F)(F)C(F)(F)C(F)(F)C(F)(F)F. The Morgan fingerprint density at radius 2 is 0.305 bits per heavy atom. The Morgan fingerprint density at radius 3 is 0.407 bits per heavy atom. The largest absolute Gasteiger partial charge is 0.460 e. The number of rotatable bonds is 17. The molecular formula is C18H2F37O3P. The van der Waals surface area contributed by atoms with E-state index in [2.05, 4.69) is 0 Å². The molecule has 0 aliphatic carbocycles. The molecule has 0 aliphatic rings. The molecule has 0 amide bonds. The highest BCUT2D eigenvalue weighted by Gasteiger charge is 3.03. The first-order valence-corrected chi connectivity index (χ1v) is 13.7. The van der Waals surface area contributed by atoms with Crippen LogP contribution in [0.15, 0.2) is 0 Å². The van der Waals surface area contributed by atoms with E-state index in [9.17, 15) is 167 Å². The highest BCUT2D eigenvalue weighted by atomic mass is 31.2. The van der Waals surface area contributed by atoms with Gasteiger partial charge in [0.1, 0.15) is 0 Å². The summed E-state index contributed by atoms with van der Waals surface area (Å²) in [6, 6.07) is 0.